The van der Waals surface area contributed by atoms with Gasteiger partial charge in [-0.3, -0.25) is 9.59 Å². The van der Waals surface area contributed by atoms with Gasteiger partial charge in [0.25, 0.3) is 5.91 Å². The van der Waals surface area contributed by atoms with E-state index in [1.54, 1.807) is 12.1 Å². The van der Waals surface area contributed by atoms with Crippen LogP contribution in [0.2, 0.25) is 0 Å². The Balaban J connectivity index is 0.000000318. The van der Waals surface area contributed by atoms with Crippen molar-refractivity contribution in [2.45, 2.75) is 33.1 Å². The fourth-order valence-electron chi connectivity index (χ4n) is 2.36. The van der Waals surface area contributed by atoms with E-state index in [1.165, 1.54) is 0 Å². The lowest BCUT2D eigenvalue weighted by molar-refractivity contribution is 0.0949. The lowest BCUT2D eigenvalue weighted by Crippen LogP contribution is -2.22. The van der Waals surface area contributed by atoms with Gasteiger partial charge in [-0.25, -0.2) is 0 Å². The van der Waals surface area contributed by atoms with Gasteiger partial charge in [0.2, 0.25) is 5.91 Å². The monoisotopic (exact) mass is 422 g/mol. The summed E-state index contributed by atoms with van der Waals surface area (Å²) >= 11 is 4.18. The Morgan fingerprint density at radius 2 is 1.33 bits per heavy atom. The van der Waals surface area contributed by atoms with E-state index in [-0.39, 0.29) is 11.8 Å². The number of hydrogen-bond acceptors (Lipinski definition) is 3. The number of amides is 2. The molecule has 0 fully saturated rings. The molecule has 0 aliphatic carbocycles. The van der Waals surface area contributed by atoms with Crippen molar-refractivity contribution in [1.82, 2.24) is 5.32 Å². The maximum Gasteiger partial charge on any atom is 0.251 e. The Kier molecular flexibility index (Phi) is 11.7. The molecule has 0 saturated heterocycles. The third-order valence-electron chi connectivity index (χ3n) is 4.03. The van der Waals surface area contributed by atoms with Gasteiger partial charge in [-0.15, -0.1) is 0 Å². The summed E-state index contributed by atoms with van der Waals surface area (Å²) in [6.45, 7) is 6.51. The van der Waals surface area contributed by atoms with Crippen LogP contribution in [0.15, 0.2) is 78.9 Å². The molecule has 3 aromatic rings. The van der Waals surface area contributed by atoms with Gasteiger partial charge in [0.05, 0.1) is 0 Å². The number of rotatable bonds is 5. The number of thiol groups is 1. The molecule has 0 saturated carbocycles. The number of carbonyl (C=O) groups is 2. The zero-order chi connectivity index (χ0) is 22.4. The topological polar surface area (TPSA) is 72.2 Å². The molecule has 0 atom stereocenters. The summed E-state index contributed by atoms with van der Waals surface area (Å²) in [7, 11) is 0. The van der Waals surface area contributed by atoms with Gasteiger partial charge in [-0.05, 0) is 42.3 Å². The number of benzene rings is 3. The van der Waals surface area contributed by atoms with E-state index in [9.17, 15) is 9.59 Å². The molecule has 3 N–H and O–H groups in total. The van der Waals surface area contributed by atoms with Gasteiger partial charge in [-0.2, -0.15) is 12.6 Å². The molecule has 0 bridgehead atoms. The Bertz CT molecular complexity index is 893. The number of aryl methyl sites for hydroxylation is 1. The zero-order valence-corrected chi connectivity index (χ0v) is 18.7. The number of nitrogens with two attached hydrogens (primary N) is 1. The Labute approximate surface area is 184 Å². The van der Waals surface area contributed by atoms with Crippen LogP contribution in [-0.2, 0) is 12.3 Å². The van der Waals surface area contributed by atoms with Crippen LogP contribution in [0.25, 0.3) is 0 Å². The summed E-state index contributed by atoms with van der Waals surface area (Å²) in [4.78, 5) is 22.4. The van der Waals surface area contributed by atoms with E-state index >= 15 is 0 Å². The van der Waals surface area contributed by atoms with Crippen LogP contribution >= 0.6 is 12.6 Å². The van der Waals surface area contributed by atoms with Crippen molar-refractivity contribution in [2.75, 3.05) is 0 Å². The number of nitrogens with one attached hydrogen (secondary N) is 1. The van der Waals surface area contributed by atoms with E-state index in [4.69, 9.17) is 5.73 Å². The van der Waals surface area contributed by atoms with Gasteiger partial charge in [0.1, 0.15) is 0 Å². The van der Waals surface area contributed by atoms with Crippen LogP contribution in [0, 0.1) is 6.92 Å². The molecule has 3 aromatic carbocycles. The van der Waals surface area contributed by atoms with Crippen molar-refractivity contribution in [3.63, 3.8) is 0 Å². The highest BCUT2D eigenvalue weighted by Gasteiger charge is 2.04. The second kappa shape index (κ2) is 14.0. The van der Waals surface area contributed by atoms with Crippen LogP contribution in [0.1, 0.15) is 51.3 Å². The van der Waals surface area contributed by atoms with Crippen molar-refractivity contribution in [1.29, 1.82) is 0 Å². The Morgan fingerprint density at radius 3 is 1.83 bits per heavy atom. The van der Waals surface area contributed by atoms with Crippen molar-refractivity contribution >= 4 is 24.4 Å². The molecule has 158 valence electrons. The number of hydrogen-bond donors (Lipinski definition) is 3. The fraction of sp³-hybridized carbons (Fsp3) is 0.200. The molecule has 30 heavy (non-hydrogen) atoms. The first kappa shape index (κ1) is 25.0. The van der Waals surface area contributed by atoms with Gasteiger partial charge in [0.15, 0.2) is 0 Å². The van der Waals surface area contributed by atoms with E-state index in [2.05, 4.69) is 17.9 Å². The first-order valence-electron chi connectivity index (χ1n) is 9.88. The average molecular weight is 423 g/mol. The minimum atomic E-state index is -0.375. The molecule has 4 nitrogen and oxygen atoms in total. The molecule has 0 radical (unpaired) electrons. The highest BCUT2D eigenvalue weighted by atomic mass is 32.1. The van der Waals surface area contributed by atoms with Crippen molar-refractivity contribution < 1.29 is 9.59 Å². The molecule has 2 amide bonds. The molecule has 3 rings (SSSR count). The van der Waals surface area contributed by atoms with Crippen LogP contribution in [0.5, 0.6) is 0 Å². The van der Waals surface area contributed by atoms with Gasteiger partial charge in [0, 0.05) is 23.4 Å². The molecular formula is C25H30N2O2S. The third kappa shape index (κ3) is 8.97. The minimum absolute atomic E-state index is 0.0513. The molecule has 0 aromatic heterocycles. The highest BCUT2D eigenvalue weighted by Crippen LogP contribution is 2.07. The van der Waals surface area contributed by atoms with Gasteiger partial charge < -0.3 is 11.1 Å². The lowest BCUT2D eigenvalue weighted by atomic mass is 10.1. The standard InChI is InChI=1S/C15H15NOS.C8H9NO.C2H6/c17-15(14-8-6-13(11-18)7-9-14)16-10-12-4-2-1-3-5-12;1-6-2-4-7(5-3-6)8(9)10;1-2/h1-9,18H,10-11H2,(H,16,17);2-5H,1H3,(H2,9,10);1-2H3. The second-order valence-electron chi connectivity index (χ2n) is 6.25. The normalized spacial score (nSPS) is 9.33. The van der Waals surface area contributed by atoms with E-state index < -0.39 is 0 Å². The van der Waals surface area contributed by atoms with E-state index in [0.29, 0.717) is 23.4 Å². The van der Waals surface area contributed by atoms with Gasteiger partial charge in [-0.1, -0.05) is 74.0 Å². The Morgan fingerprint density at radius 1 is 0.800 bits per heavy atom. The summed E-state index contributed by atoms with van der Waals surface area (Å²) in [6, 6.07) is 24.5. The molecule has 0 aliphatic heterocycles. The zero-order valence-electron chi connectivity index (χ0n) is 17.8. The maximum atomic E-state index is 11.9. The van der Waals surface area contributed by atoms with Crippen molar-refractivity contribution in [3.05, 3.63) is 107 Å². The second-order valence-corrected chi connectivity index (χ2v) is 6.57. The molecule has 5 heteroatoms. The molecule has 0 aliphatic rings. The first-order chi connectivity index (χ1) is 14.5. The molecule has 0 unspecified atom stereocenters. The van der Waals surface area contributed by atoms with Crippen molar-refractivity contribution in [2.24, 2.45) is 5.73 Å². The SMILES string of the molecule is CC.Cc1ccc(C(N)=O)cc1.O=C(NCc1ccccc1)c1ccc(CS)cc1. The summed E-state index contributed by atoms with van der Waals surface area (Å²) in [6.07, 6.45) is 0. The minimum Gasteiger partial charge on any atom is -0.366 e. The predicted molar refractivity (Wildman–Crippen MR) is 128 cm³/mol. The number of primary amides is 1. The summed E-state index contributed by atoms with van der Waals surface area (Å²) in [5.74, 6) is 0.260. The summed E-state index contributed by atoms with van der Waals surface area (Å²) < 4.78 is 0. The fourth-order valence-corrected chi connectivity index (χ4v) is 2.57. The van der Waals surface area contributed by atoms with Crippen LogP contribution in [0.3, 0.4) is 0 Å². The largest absolute Gasteiger partial charge is 0.366 e. The Hall–Kier alpha value is -3.05. The average Bonchev–Trinajstić information content (AvgIpc) is 2.80. The van der Waals surface area contributed by atoms with E-state index in [0.717, 1.165) is 16.7 Å². The van der Waals surface area contributed by atoms with E-state index in [1.807, 2.05) is 87.5 Å². The molecular weight excluding hydrogens is 392 g/mol. The van der Waals surface area contributed by atoms with Crippen LogP contribution < -0.4 is 11.1 Å². The smallest absolute Gasteiger partial charge is 0.251 e. The maximum absolute atomic E-state index is 11.9. The van der Waals surface area contributed by atoms with Gasteiger partial charge >= 0.3 is 0 Å². The highest BCUT2D eigenvalue weighted by molar-refractivity contribution is 7.79. The summed E-state index contributed by atoms with van der Waals surface area (Å²) in [5.41, 5.74) is 9.60. The summed E-state index contributed by atoms with van der Waals surface area (Å²) in [5, 5.41) is 2.89. The van der Waals surface area contributed by atoms with Crippen LogP contribution in [0.4, 0.5) is 0 Å². The quantitative estimate of drug-likeness (QED) is 0.497. The molecule has 0 spiro atoms. The first-order valence-corrected chi connectivity index (χ1v) is 10.5. The predicted octanol–water partition coefficient (Wildman–Crippen LogP) is 5.17. The number of carbonyl (C=O) groups excluding carboxylic acids is 2. The molecule has 0 heterocycles. The van der Waals surface area contributed by atoms with Crippen LogP contribution in [-0.4, -0.2) is 11.8 Å². The van der Waals surface area contributed by atoms with Crippen molar-refractivity contribution in [3.8, 4) is 0 Å². The third-order valence-corrected chi connectivity index (χ3v) is 4.40. The lowest BCUT2D eigenvalue weighted by Gasteiger charge is -2.05.